The van der Waals surface area contributed by atoms with Gasteiger partial charge in [0.25, 0.3) is 0 Å². The van der Waals surface area contributed by atoms with Gasteiger partial charge < -0.3 is 0 Å². The van der Waals surface area contributed by atoms with E-state index in [9.17, 15) is 0 Å². The average Bonchev–Trinajstić information content (AvgIpc) is 3.28. The van der Waals surface area contributed by atoms with Crippen molar-refractivity contribution >= 4 is 35.3 Å². The first-order valence-corrected chi connectivity index (χ1v) is 30.1. The van der Waals surface area contributed by atoms with E-state index in [1.54, 1.807) is 0 Å². The van der Waals surface area contributed by atoms with E-state index in [4.69, 9.17) is 17.2 Å². The summed E-state index contributed by atoms with van der Waals surface area (Å²) in [5, 5.41) is 0. The monoisotopic (exact) mass is 563 g/mol. The predicted molar refractivity (Wildman–Crippen MR) is 116 cm³/mol. The second kappa shape index (κ2) is 6.59. The van der Waals surface area contributed by atoms with Gasteiger partial charge in [-0.3, -0.25) is 0 Å². The van der Waals surface area contributed by atoms with Crippen molar-refractivity contribution < 1.29 is 15.3 Å². The Hall–Kier alpha value is -0.933. The number of hydrogen-bond donors (Lipinski definition) is 0. The zero-order chi connectivity index (χ0) is 18.4. The van der Waals surface area contributed by atoms with Gasteiger partial charge >= 0.3 is 165 Å². The summed E-state index contributed by atoms with van der Waals surface area (Å²) >= 11 is -4.64. The van der Waals surface area contributed by atoms with Gasteiger partial charge in [0, 0.05) is 0 Å². The van der Waals surface area contributed by atoms with Crippen LogP contribution in [-0.2, 0) is 15.3 Å². The van der Waals surface area contributed by atoms with E-state index >= 15 is 0 Å². The standard InChI is InChI=1S/2C9H7.C4H7Si.2ClH.Hf/c2*1-2-5-9-7-3-6-8(9)4-1;1-3-5-4-2;;;/h2*1-7H;3-5H,1-2H2;2*1H;/q;;;;;+2/p-2. The van der Waals surface area contributed by atoms with Gasteiger partial charge in [-0.25, -0.2) is 0 Å². The molecule has 2 aromatic carbocycles. The van der Waals surface area contributed by atoms with Gasteiger partial charge in [0.1, 0.15) is 0 Å². The Kier molecular flexibility index (Phi) is 4.67. The molecule has 4 rings (SSSR count). The predicted octanol–water partition coefficient (Wildman–Crippen LogP) is 6.69. The zero-order valence-electron chi connectivity index (χ0n) is 14.5. The van der Waals surface area contributed by atoms with Gasteiger partial charge in [-0.2, -0.15) is 0 Å². The molecule has 0 fully saturated rings. The summed E-state index contributed by atoms with van der Waals surface area (Å²) in [7, 11) is 15.7. The summed E-state index contributed by atoms with van der Waals surface area (Å²) in [5.41, 5.74) is 9.10. The molecule has 0 saturated carbocycles. The molecular formula is C22H21Cl2HfSi. The maximum absolute atomic E-state index is 7.83. The first-order chi connectivity index (χ1) is 12.5. The van der Waals surface area contributed by atoms with E-state index < -0.39 is 21.3 Å². The molecule has 26 heavy (non-hydrogen) atoms. The fourth-order valence-electron chi connectivity index (χ4n) is 4.62. The Morgan fingerprint density at radius 3 is 1.62 bits per heavy atom. The second-order valence-corrected chi connectivity index (χ2v) is 61.2. The minimum atomic E-state index is -4.64. The molecule has 2 aliphatic carbocycles. The summed E-state index contributed by atoms with van der Waals surface area (Å²) in [4.78, 5) is 0. The van der Waals surface area contributed by atoms with Gasteiger partial charge in [-0.1, -0.05) is 0 Å². The van der Waals surface area contributed by atoms with Gasteiger partial charge in [-0.05, 0) is 0 Å². The molecule has 0 aliphatic heterocycles. The number of benzene rings is 2. The third kappa shape index (κ3) is 2.50. The molecule has 0 spiro atoms. The van der Waals surface area contributed by atoms with Gasteiger partial charge in [0.2, 0.25) is 0 Å². The van der Waals surface area contributed by atoms with Crippen LogP contribution in [0, 0.1) is 0 Å². The topological polar surface area (TPSA) is 0 Å². The van der Waals surface area contributed by atoms with Crippen LogP contribution in [0.1, 0.15) is 29.6 Å². The number of rotatable bonds is 5. The van der Waals surface area contributed by atoms with Gasteiger partial charge in [0.15, 0.2) is 0 Å². The molecular weight excluding hydrogens is 542 g/mol. The van der Waals surface area contributed by atoms with Crippen molar-refractivity contribution in [3.05, 3.63) is 107 Å². The number of allylic oxidation sites excluding steroid dienone is 2. The van der Waals surface area contributed by atoms with E-state index in [2.05, 4.69) is 86.0 Å². The summed E-state index contributed by atoms with van der Waals surface area (Å²) in [6.07, 6.45) is 8.87. The maximum atomic E-state index is 7.83. The summed E-state index contributed by atoms with van der Waals surface area (Å²) in [5.74, 6) is -1.79. The molecule has 0 nitrogen and oxygen atoms in total. The molecule has 0 amide bonds. The van der Waals surface area contributed by atoms with Crippen LogP contribution in [0.25, 0.3) is 12.2 Å². The summed E-state index contributed by atoms with van der Waals surface area (Å²) < 4.78 is 0.194. The minimum absolute atomic E-state index is 0.0972. The fourth-order valence-corrected chi connectivity index (χ4v) is 55.8. The van der Waals surface area contributed by atoms with E-state index in [-0.39, 0.29) is 7.35 Å². The second-order valence-electron chi connectivity index (χ2n) is 7.15. The molecule has 0 heterocycles. The van der Waals surface area contributed by atoms with Crippen LogP contribution in [0.3, 0.4) is 0 Å². The molecule has 2 atom stereocenters. The van der Waals surface area contributed by atoms with Crippen LogP contribution in [0.15, 0.2) is 85.2 Å². The van der Waals surface area contributed by atoms with Crippen LogP contribution < -0.4 is 0 Å². The van der Waals surface area contributed by atoms with E-state index in [0.29, 0.717) is 0 Å². The molecule has 2 aromatic rings. The third-order valence-corrected chi connectivity index (χ3v) is 65.1. The molecule has 131 valence electrons. The van der Waals surface area contributed by atoms with Gasteiger partial charge in [-0.15, -0.1) is 0 Å². The third-order valence-electron chi connectivity index (χ3n) is 5.93. The normalized spacial score (nSPS) is 21.9. The quantitative estimate of drug-likeness (QED) is 0.356. The molecule has 0 N–H and O–H groups in total. The molecule has 0 bridgehead atoms. The van der Waals surface area contributed by atoms with Crippen LogP contribution in [0.4, 0.5) is 0 Å². The van der Waals surface area contributed by atoms with Crippen LogP contribution in [-0.4, -0.2) is 5.98 Å². The molecule has 0 aromatic heterocycles. The first-order valence-electron chi connectivity index (χ1n) is 8.87. The molecule has 0 saturated heterocycles. The fraction of sp³-hybridized carbons (Fsp3) is 0.0909. The van der Waals surface area contributed by atoms with E-state index in [1.807, 2.05) is 11.4 Å². The molecule has 2 unspecified atom stereocenters. The van der Waals surface area contributed by atoms with Crippen molar-refractivity contribution in [3.8, 4) is 0 Å². The Morgan fingerprint density at radius 2 is 1.19 bits per heavy atom. The zero-order valence-corrected chi connectivity index (χ0v) is 20.7. The van der Waals surface area contributed by atoms with Crippen molar-refractivity contribution in [3.63, 3.8) is 0 Å². The van der Waals surface area contributed by atoms with Crippen molar-refractivity contribution in [1.82, 2.24) is 0 Å². The summed E-state index contributed by atoms with van der Waals surface area (Å²) in [6, 6.07) is 17.0. The SMILES string of the molecule is C=C[SiH](C=C)[Hf]([Cl])([Cl])([CH]1C=Cc2ccccc21)[CH]1C=Cc2ccccc21. The van der Waals surface area contributed by atoms with Crippen LogP contribution in [0.5, 0.6) is 0 Å². The Balaban J connectivity index is 1.97. The number of fused-ring (bicyclic) bond motifs is 2. The van der Waals surface area contributed by atoms with Crippen molar-refractivity contribution in [2.45, 2.75) is 7.35 Å². The first kappa shape index (κ1) is 18.4. The van der Waals surface area contributed by atoms with E-state index in [1.165, 1.54) is 22.3 Å². The molecule has 4 heteroatoms. The van der Waals surface area contributed by atoms with E-state index in [0.717, 1.165) is 0 Å². The average molecular weight is 563 g/mol. The number of hydrogen-bond acceptors (Lipinski definition) is 0. The number of halogens is 2. The molecule has 2 aliphatic rings. The Morgan fingerprint density at radius 1 is 0.769 bits per heavy atom. The summed E-state index contributed by atoms with van der Waals surface area (Å²) in [6.45, 7) is 8.25. The van der Waals surface area contributed by atoms with Gasteiger partial charge in [0.05, 0.1) is 0 Å². The van der Waals surface area contributed by atoms with Crippen molar-refractivity contribution in [1.29, 1.82) is 0 Å². The van der Waals surface area contributed by atoms with Crippen molar-refractivity contribution in [2.24, 2.45) is 0 Å². The van der Waals surface area contributed by atoms with Crippen LogP contribution >= 0.6 is 17.2 Å². The molecule has 0 radical (unpaired) electrons. The Bertz CT molecular complexity index is 887. The van der Waals surface area contributed by atoms with Crippen LogP contribution in [0.2, 0.25) is 0 Å². The van der Waals surface area contributed by atoms with Crippen molar-refractivity contribution in [2.75, 3.05) is 0 Å². The Labute approximate surface area is 164 Å².